The van der Waals surface area contributed by atoms with Crippen LogP contribution < -0.4 is 10.6 Å². The number of carbonyl (C=O) groups excluding carboxylic acids is 2. The molecule has 11 heteroatoms. The van der Waals surface area contributed by atoms with E-state index in [0.29, 0.717) is 19.3 Å². The van der Waals surface area contributed by atoms with E-state index in [-0.39, 0.29) is 35.8 Å². The number of hydrogen-bond acceptors (Lipinski definition) is 4. The molecule has 2 aromatic rings. The first-order valence-electron chi connectivity index (χ1n) is 10.8. The van der Waals surface area contributed by atoms with Gasteiger partial charge in [-0.1, -0.05) is 30.3 Å². The number of nitrogens with zero attached hydrogens (tertiary/aromatic N) is 1. The maximum absolute atomic E-state index is 12.8. The zero-order valence-electron chi connectivity index (χ0n) is 18.5. The van der Waals surface area contributed by atoms with Gasteiger partial charge in [0.2, 0.25) is 21.8 Å². The summed E-state index contributed by atoms with van der Waals surface area (Å²) in [6.45, 7) is 1.55. The fraction of sp³-hybridized carbons (Fsp3) is 0.391. The van der Waals surface area contributed by atoms with Gasteiger partial charge in [0.1, 0.15) is 6.04 Å². The molecular weight excluding hydrogens is 471 g/mol. The topological polar surface area (TPSA) is 95.6 Å². The first-order valence-corrected chi connectivity index (χ1v) is 12.2. The lowest BCUT2D eigenvalue weighted by Gasteiger charge is -2.32. The first kappa shape index (κ1) is 25.7. The van der Waals surface area contributed by atoms with E-state index in [2.05, 4.69) is 10.6 Å². The van der Waals surface area contributed by atoms with E-state index in [1.54, 1.807) is 0 Å². The zero-order chi connectivity index (χ0) is 24.9. The molecule has 1 atom stereocenters. The highest BCUT2D eigenvalue weighted by Crippen LogP contribution is 2.30. The van der Waals surface area contributed by atoms with Crippen molar-refractivity contribution in [2.75, 3.05) is 13.1 Å². The number of carbonyl (C=O) groups is 2. The van der Waals surface area contributed by atoms with Crippen molar-refractivity contribution in [1.82, 2.24) is 14.9 Å². The molecule has 184 valence electrons. The Hall–Kier alpha value is -2.92. The summed E-state index contributed by atoms with van der Waals surface area (Å²) in [4.78, 5) is 24.2. The van der Waals surface area contributed by atoms with Crippen molar-refractivity contribution in [2.24, 2.45) is 0 Å². The summed E-state index contributed by atoms with van der Waals surface area (Å²) < 4.78 is 65.1. The molecule has 2 N–H and O–H groups in total. The molecule has 0 saturated carbocycles. The second-order valence-corrected chi connectivity index (χ2v) is 10.1. The smallest absolute Gasteiger partial charge is 0.351 e. The number of halogens is 3. The molecule has 1 aliphatic heterocycles. The molecule has 2 amide bonds. The Labute approximate surface area is 196 Å². The summed E-state index contributed by atoms with van der Waals surface area (Å²) in [5, 5.41) is 5.53. The SMILES string of the molecule is CC(=O)NC(Cc1ccccc1)C(=O)NC1CCN(S(=O)(=O)c2ccc(C(F)(F)F)cc2)CC1. The largest absolute Gasteiger partial charge is 0.416 e. The summed E-state index contributed by atoms with van der Waals surface area (Å²) in [5.41, 5.74) is -0.0362. The summed E-state index contributed by atoms with van der Waals surface area (Å²) in [6.07, 6.45) is -3.56. The Bertz CT molecular complexity index is 1100. The van der Waals surface area contributed by atoms with Crippen molar-refractivity contribution >= 4 is 21.8 Å². The van der Waals surface area contributed by atoms with Crippen LogP contribution in [0, 0.1) is 0 Å². The molecule has 1 fully saturated rings. The average molecular weight is 498 g/mol. The highest BCUT2D eigenvalue weighted by molar-refractivity contribution is 7.89. The van der Waals surface area contributed by atoms with Crippen LogP contribution in [0.3, 0.4) is 0 Å². The third kappa shape index (κ3) is 6.57. The van der Waals surface area contributed by atoms with Crippen molar-refractivity contribution in [3.8, 4) is 0 Å². The second kappa shape index (κ2) is 10.6. The molecule has 0 aromatic heterocycles. The quantitative estimate of drug-likeness (QED) is 0.615. The van der Waals surface area contributed by atoms with Gasteiger partial charge in [0.05, 0.1) is 10.5 Å². The molecule has 2 aromatic carbocycles. The number of nitrogens with one attached hydrogen (secondary N) is 2. The highest BCUT2D eigenvalue weighted by atomic mass is 32.2. The maximum Gasteiger partial charge on any atom is 0.416 e. The molecule has 3 rings (SSSR count). The first-order chi connectivity index (χ1) is 16.0. The Morgan fingerprint density at radius 3 is 2.15 bits per heavy atom. The second-order valence-electron chi connectivity index (χ2n) is 8.15. The Balaban J connectivity index is 1.59. The molecule has 0 bridgehead atoms. The third-order valence-corrected chi connectivity index (χ3v) is 7.51. The van der Waals surface area contributed by atoms with Gasteiger partial charge in [0.25, 0.3) is 0 Å². The standard InChI is InChI=1S/C23H26F3N3O4S/c1-16(30)27-21(15-17-5-3-2-4-6-17)22(31)28-19-11-13-29(14-12-19)34(32,33)20-9-7-18(8-10-20)23(24,25)26/h2-10,19,21H,11-15H2,1H3,(H,27,30)(H,28,31). The number of alkyl halides is 3. The molecule has 1 unspecified atom stereocenters. The fourth-order valence-electron chi connectivity index (χ4n) is 3.81. The summed E-state index contributed by atoms with van der Waals surface area (Å²) in [6, 6.07) is 11.6. The average Bonchev–Trinajstić information content (AvgIpc) is 2.79. The third-order valence-electron chi connectivity index (χ3n) is 5.60. The maximum atomic E-state index is 12.8. The lowest BCUT2D eigenvalue weighted by atomic mass is 10.0. The van der Waals surface area contributed by atoms with E-state index < -0.39 is 27.8 Å². The molecule has 0 spiro atoms. The number of sulfonamides is 1. The van der Waals surface area contributed by atoms with Crippen LogP contribution in [-0.2, 0) is 32.2 Å². The van der Waals surface area contributed by atoms with E-state index in [1.807, 2.05) is 30.3 Å². The predicted octanol–water partition coefficient (Wildman–Crippen LogP) is 2.72. The lowest BCUT2D eigenvalue weighted by Crippen LogP contribution is -2.53. The molecular formula is C23H26F3N3O4S. The molecule has 1 aliphatic rings. The van der Waals surface area contributed by atoms with Gasteiger partial charge in [-0.15, -0.1) is 0 Å². The van der Waals surface area contributed by atoms with Crippen LogP contribution >= 0.6 is 0 Å². The van der Waals surface area contributed by atoms with Crippen LogP contribution in [0.4, 0.5) is 13.2 Å². The number of hydrogen-bond donors (Lipinski definition) is 2. The van der Waals surface area contributed by atoms with Crippen molar-refractivity contribution in [3.63, 3.8) is 0 Å². The van der Waals surface area contributed by atoms with Gasteiger partial charge in [-0.05, 0) is 42.7 Å². The monoisotopic (exact) mass is 497 g/mol. The molecule has 1 saturated heterocycles. The minimum absolute atomic E-state index is 0.109. The van der Waals surface area contributed by atoms with E-state index in [1.165, 1.54) is 11.2 Å². The van der Waals surface area contributed by atoms with E-state index >= 15 is 0 Å². The number of benzene rings is 2. The fourth-order valence-corrected chi connectivity index (χ4v) is 5.28. The van der Waals surface area contributed by atoms with Crippen LogP contribution in [-0.4, -0.2) is 49.7 Å². The van der Waals surface area contributed by atoms with E-state index in [0.717, 1.165) is 29.8 Å². The number of amides is 2. The molecule has 34 heavy (non-hydrogen) atoms. The van der Waals surface area contributed by atoms with Crippen molar-refractivity contribution in [3.05, 3.63) is 65.7 Å². The molecule has 0 aliphatic carbocycles. The van der Waals surface area contributed by atoms with Crippen LogP contribution in [0.5, 0.6) is 0 Å². The highest BCUT2D eigenvalue weighted by Gasteiger charge is 2.33. The van der Waals surface area contributed by atoms with Gasteiger partial charge in [-0.2, -0.15) is 17.5 Å². The molecule has 0 radical (unpaired) electrons. The molecule has 7 nitrogen and oxygen atoms in total. The van der Waals surface area contributed by atoms with Gasteiger partial charge in [0.15, 0.2) is 0 Å². The lowest BCUT2D eigenvalue weighted by molar-refractivity contribution is -0.137. The van der Waals surface area contributed by atoms with Crippen LogP contribution in [0.1, 0.15) is 30.9 Å². The van der Waals surface area contributed by atoms with Crippen molar-refractivity contribution in [1.29, 1.82) is 0 Å². The van der Waals surface area contributed by atoms with E-state index in [4.69, 9.17) is 0 Å². The van der Waals surface area contributed by atoms with Gasteiger partial charge >= 0.3 is 6.18 Å². The van der Waals surface area contributed by atoms with Crippen LogP contribution in [0.15, 0.2) is 59.5 Å². The van der Waals surface area contributed by atoms with Crippen LogP contribution in [0.2, 0.25) is 0 Å². The number of piperidine rings is 1. The molecule has 1 heterocycles. The minimum atomic E-state index is -4.55. The Morgan fingerprint density at radius 2 is 1.62 bits per heavy atom. The Morgan fingerprint density at radius 1 is 1.03 bits per heavy atom. The minimum Gasteiger partial charge on any atom is -0.351 e. The summed E-state index contributed by atoms with van der Waals surface area (Å²) >= 11 is 0. The zero-order valence-corrected chi connectivity index (χ0v) is 19.3. The van der Waals surface area contributed by atoms with Gasteiger partial charge in [-0.3, -0.25) is 9.59 Å². The van der Waals surface area contributed by atoms with Gasteiger partial charge < -0.3 is 10.6 Å². The van der Waals surface area contributed by atoms with Crippen molar-refractivity contribution in [2.45, 2.75) is 49.3 Å². The van der Waals surface area contributed by atoms with Gasteiger partial charge in [0, 0.05) is 32.5 Å². The van der Waals surface area contributed by atoms with Crippen LogP contribution in [0.25, 0.3) is 0 Å². The predicted molar refractivity (Wildman–Crippen MR) is 119 cm³/mol. The van der Waals surface area contributed by atoms with Crippen molar-refractivity contribution < 1.29 is 31.2 Å². The van der Waals surface area contributed by atoms with E-state index in [9.17, 15) is 31.2 Å². The summed E-state index contributed by atoms with van der Waals surface area (Å²) in [7, 11) is -3.95. The normalized spacial score (nSPS) is 16.6. The summed E-state index contributed by atoms with van der Waals surface area (Å²) in [5.74, 6) is -0.698. The van der Waals surface area contributed by atoms with Gasteiger partial charge in [-0.25, -0.2) is 8.42 Å². The Kier molecular flexibility index (Phi) is 7.98. The number of rotatable bonds is 7.